The first kappa shape index (κ1) is 11.0. The molecular formula is C12H10NO2S-. The van der Waals surface area contributed by atoms with Crippen LogP contribution >= 0.6 is 0 Å². The fourth-order valence-electron chi connectivity index (χ4n) is 1.47. The van der Waals surface area contributed by atoms with Crippen LogP contribution in [0.25, 0.3) is 11.1 Å². The Hall–Kier alpha value is -1.52. The smallest absolute Gasteiger partial charge is 0.0353 e. The van der Waals surface area contributed by atoms with E-state index in [1.165, 1.54) is 0 Å². The van der Waals surface area contributed by atoms with Crippen molar-refractivity contribution in [1.29, 1.82) is 0 Å². The van der Waals surface area contributed by atoms with E-state index >= 15 is 0 Å². The minimum Gasteiger partial charge on any atom is -0.772 e. The zero-order valence-electron chi connectivity index (χ0n) is 8.50. The second-order valence-corrected chi connectivity index (χ2v) is 4.28. The maximum absolute atomic E-state index is 10.5. The highest BCUT2D eigenvalue weighted by molar-refractivity contribution is 7.78. The summed E-state index contributed by atoms with van der Waals surface area (Å²) in [6.07, 6.45) is 3.46. The molecule has 0 aliphatic heterocycles. The topological polar surface area (TPSA) is 53.0 Å². The van der Waals surface area contributed by atoms with E-state index in [4.69, 9.17) is 0 Å². The van der Waals surface area contributed by atoms with Crippen LogP contribution in [0.15, 0.2) is 48.8 Å². The predicted molar refractivity (Wildman–Crippen MR) is 62.3 cm³/mol. The van der Waals surface area contributed by atoms with Crippen molar-refractivity contribution in [2.75, 3.05) is 0 Å². The summed E-state index contributed by atoms with van der Waals surface area (Å²) in [5.41, 5.74) is 2.93. The van der Waals surface area contributed by atoms with Crippen LogP contribution in [-0.2, 0) is 16.8 Å². The van der Waals surface area contributed by atoms with E-state index in [1.54, 1.807) is 12.4 Å². The fraction of sp³-hybridized carbons (Fsp3) is 0.0833. The summed E-state index contributed by atoms with van der Waals surface area (Å²) < 4.78 is 21.0. The molecule has 2 rings (SSSR count). The van der Waals surface area contributed by atoms with Gasteiger partial charge >= 0.3 is 0 Å². The molecule has 0 fully saturated rings. The molecule has 0 saturated carbocycles. The molecule has 0 amide bonds. The van der Waals surface area contributed by atoms with Gasteiger partial charge in [0.05, 0.1) is 0 Å². The van der Waals surface area contributed by atoms with Gasteiger partial charge in [-0.3, -0.25) is 9.19 Å². The Morgan fingerprint density at radius 1 is 1.00 bits per heavy atom. The van der Waals surface area contributed by atoms with Gasteiger partial charge in [0.1, 0.15) is 0 Å². The summed E-state index contributed by atoms with van der Waals surface area (Å²) >= 11 is -2.03. The maximum atomic E-state index is 10.5. The average Bonchev–Trinajstić information content (AvgIpc) is 2.30. The van der Waals surface area contributed by atoms with Crippen molar-refractivity contribution in [3.05, 3.63) is 54.4 Å². The minimum atomic E-state index is -2.03. The van der Waals surface area contributed by atoms with E-state index in [1.807, 2.05) is 36.4 Å². The number of hydrogen-bond donors (Lipinski definition) is 0. The zero-order valence-corrected chi connectivity index (χ0v) is 9.31. The Bertz CT molecular complexity index is 482. The molecule has 0 bridgehead atoms. The SMILES string of the molecule is O=S([O-])Cc1ccc(-c2ccncc2)cc1. The van der Waals surface area contributed by atoms with Crippen molar-refractivity contribution in [1.82, 2.24) is 4.98 Å². The molecule has 4 heteroatoms. The molecule has 3 nitrogen and oxygen atoms in total. The molecule has 1 unspecified atom stereocenters. The molecule has 1 aromatic carbocycles. The number of nitrogens with zero attached hydrogens (tertiary/aromatic N) is 1. The summed E-state index contributed by atoms with van der Waals surface area (Å²) in [7, 11) is 0. The Labute approximate surface area is 96.5 Å². The number of hydrogen-bond acceptors (Lipinski definition) is 3. The lowest BCUT2D eigenvalue weighted by molar-refractivity contribution is 0.536. The second kappa shape index (κ2) is 5.01. The van der Waals surface area contributed by atoms with Crippen LogP contribution in [0, 0.1) is 0 Å². The lowest BCUT2D eigenvalue weighted by Gasteiger charge is -2.06. The number of aromatic nitrogens is 1. The molecule has 16 heavy (non-hydrogen) atoms. The van der Waals surface area contributed by atoms with Crippen molar-refractivity contribution in [3.8, 4) is 11.1 Å². The lowest BCUT2D eigenvalue weighted by atomic mass is 10.1. The molecule has 1 heterocycles. The van der Waals surface area contributed by atoms with E-state index in [0.717, 1.165) is 16.7 Å². The van der Waals surface area contributed by atoms with Crippen molar-refractivity contribution >= 4 is 11.1 Å². The molecule has 0 N–H and O–H groups in total. The van der Waals surface area contributed by atoms with Gasteiger partial charge in [-0.2, -0.15) is 0 Å². The predicted octanol–water partition coefficient (Wildman–Crippen LogP) is 2.13. The fourth-order valence-corrected chi connectivity index (χ4v) is 1.94. The van der Waals surface area contributed by atoms with Gasteiger partial charge in [-0.15, -0.1) is 0 Å². The van der Waals surface area contributed by atoms with Crippen LogP contribution in [0.2, 0.25) is 0 Å². The first-order valence-corrected chi connectivity index (χ1v) is 6.05. The quantitative estimate of drug-likeness (QED) is 0.762. The first-order chi connectivity index (χ1) is 7.75. The van der Waals surface area contributed by atoms with Gasteiger partial charge < -0.3 is 4.55 Å². The highest BCUT2D eigenvalue weighted by Gasteiger charge is 1.97. The van der Waals surface area contributed by atoms with Crippen molar-refractivity contribution in [3.63, 3.8) is 0 Å². The summed E-state index contributed by atoms with van der Waals surface area (Å²) in [6, 6.07) is 11.3. The number of benzene rings is 1. The molecule has 1 atom stereocenters. The van der Waals surface area contributed by atoms with Crippen LogP contribution < -0.4 is 0 Å². The summed E-state index contributed by atoms with van der Waals surface area (Å²) in [5.74, 6) is 0.0661. The third-order valence-electron chi connectivity index (χ3n) is 2.25. The van der Waals surface area contributed by atoms with Gasteiger partial charge in [0, 0.05) is 18.1 Å². The molecule has 0 aliphatic rings. The minimum absolute atomic E-state index is 0.0661. The number of rotatable bonds is 3. The van der Waals surface area contributed by atoms with Gasteiger partial charge in [0.15, 0.2) is 0 Å². The largest absolute Gasteiger partial charge is 0.772 e. The molecule has 0 saturated heterocycles. The van der Waals surface area contributed by atoms with E-state index < -0.39 is 11.1 Å². The van der Waals surface area contributed by atoms with E-state index in [-0.39, 0.29) is 5.75 Å². The van der Waals surface area contributed by atoms with Gasteiger partial charge in [0.2, 0.25) is 0 Å². The standard InChI is InChI=1S/C12H11NO2S/c14-16(15)9-10-1-3-11(4-2-10)12-5-7-13-8-6-12/h1-8H,9H2,(H,14,15)/p-1. The van der Waals surface area contributed by atoms with Gasteiger partial charge in [-0.25, -0.2) is 0 Å². The summed E-state index contributed by atoms with van der Waals surface area (Å²) in [5, 5.41) is 0. The van der Waals surface area contributed by atoms with Crippen LogP contribution in [-0.4, -0.2) is 13.7 Å². The maximum Gasteiger partial charge on any atom is 0.0353 e. The molecule has 1 aromatic heterocycles. The third-order valence-corrected chi connectivity index (χ3v) is 2.82. The molecule has 0 aliphatic carbocycles. The Kier molecular flexibility index (Phi) is 3.44. The van der Waals surface area contributed by atoms with E-state index in [2.05, 4.69) is 4.98 Å². The summed E-state index contributed by atoms with van der Waals surface area (Å²) in [6.45, 7) is 0. The first-order valence-electron chi connectivity index (χ1n) is 4.81. The average molecular weight is 232 g/mol. The normalized spacial score (nSPS) is 12.3. The van der Waals surface area contributed by atoms with Crippen LogP contribution in [0.4, 0.5) is 0 Å². The molecule has 0 spiro atoms. The highest BCUT2D eigenvalue weighted by atomic mass is 32.2. The van der Waals surface area contributed by atoms with Crippen LogP contribution in [0.5, 0.6) is 0 Å². The van der Waals surface area contributed by atoms with Gasteiger partial charge in [-0.05, 0) is 28.8 Å². The molecule has 82 valence electrons. The van der Waals surface area contributed by atoms with Crippen LogP contribution in [0.1, 0.15) is 5.56 Å². The second-order valence-electron chi connectivity index (χ2n) is 3.38. The highest BCUT2D eigenvalue weighted by Crippen LogP contribution is 2.18. The summed E-state index contributed by atoms with van der Waals surface area (Å²) in [4.78, 5) is 3.95. The lowest BCUT2D eigenvalue weighted by Crippen LogP contribution is -1.92. The molecule has 2 aromatic rings. The third kappa shape index (κ3) is 2.74. The van der Waals surface area contributed by atoms with Crippen molar-refractivity contribution in [2.24, 2.45) is 0 Å². The molecule has 0 radical (unpaired) electrons. The van der Waals surface area contributed by atoms with Crippen molar-refractivity contribution in [2.45, 2.75) is 5.75 Å². The Morgan fingerprint density at radius 2 is 1.56 bits per heavy atom. The Morgan fingerprint density at radius 3 is 2.12 bits per heavy atom. The van der Waals surface area contributed by atoms with E-state index in [0.29, 0.717) is 0 Å². The monoisotopic (exact) mass is 232 g/mol. The van der Waals surface area contributed by atoms with Crippen molar-refractivity contribution < 1.29 is 8.76 Å². The van der Waals surface area contributed by atoms with E-state index in [9.17, 15) is 8.76 Å². The number of pyridine rings is 1. The van der Waals surface area contributed by atoms with Gasteiger partial charge in [-0.1, -0.05) is 35.3 Å². The molecular weight excluding hydrogens is 222 g/mol. The Balaban J connectivity index is 2.23. The zero-order chi connectivity index (χ0) is 11.4. The van der Waals surface area contributed by atoms with Gasteiger partial charge in [0.25, 0.3) is 0 Å². The van der Waals surface area contributed by atoms with Crippen LogP contribution in [0.3, 0.4) is 0 Å².